The number of ether oxygens (including phenoxy) is 1. The third-order valence-corrected chi connectivity index (χ3v) is 7.03. The summed E-state index contributed by atoms with van der Waals surface area (Å²) in [5, 5.41) is 9.32. The molecule has 0 bridgehead atoms. The average Bonchev–Trinajstić information content (AvgIpc) is 3.18. The van der Waals surface area contributed by atoms with Gasteiger partial charge in [0, 0.05) is 63.3 Å². The molecular weight excluding hydrogens is 370 g/mol. The summed E-state index contributed by atoms with van der Waals surface area (Å²) in [7, 11) is 1.86. The highest BCUT2D eigenvalue weighted by Gasteiger charge is 2.24. The van der Waals surface area contributed by atoms with Gasteiger partial charge in [-0.2, -0.15) is 0 Å². The maximum Gasteiger partial charge on any atom is 0.191 e. The predicted molar refractivity (Wildman–Crippen MR) is 118 cm³/mol. The smallest absolute Gasteiger partial charge is 0.191 e. The molecule has 3 rings (SSSR count). The molecule has 2 N–H and O–H groups in total. The fourth-order valence-corrected chi connectivity index (χ4v) is 5.03. The first-order chi connectivity index (χ1) is 13.6. The summed E-state index contributed by atoms with van der Waals surface area (Å²) in [6, 6.07) is 3.26. The number of hydrogen-bond acceptors (Lipinski definition) is 5. The Balaban J connectivity index is 1.45. The number of morpholine rings is 1. The minimum absolute atomic E-state index is 0.478. The van der Waals surface area contributed by atoms with Crippen LogP contribution in [-0.2, 0) is 17.7 Å². The van der Waals surface area contributed by atoms with Crippen molar-refractivity contribution in [1.82, 2.24) is 20.4 Å². The lowest BCUT2D eigenvalue weighted by Gasteiger charge is -2.37. The van der Waals surface area contributed by atoms with Crippen molar-refractivity contribution in [1.29, 1.82) is 0 Å². The van der Waals surface area contributed by atoms with Crippen molar-refractivity contribution in [2.75, 3.05) is 53.0 Å². The van der Waals surface area contributed by atoms with Crippen LogP contribution >= 0.6 is 11.3 Å². The molecule has 2 aliphatic rings. The van der Waals surface area contributed by atoms with Crippen LogP contribution in [0.2, 0.25) is 0 Å². The van der Waals surface area contributed by atoms with E-state index in [0.717, 1.165) is 58.4 Å². The second kappa shape index (κ2) is 10.6. The van der Waals surface area contributed by atoms with Crippen LogP contribution in [0.4, 0.5) is 0 Å². The Kier molecular flexibility index (Phi) is 8.14. The standard InChI is InChI=1S/C21H37N5OS/c1-16(2)19(25-8-10-27-11-9-25)14-24-21(22-4)23-13-17(3)26-7-5-20-18(15-26)6-12-28-20/h6,12,16-17,19H,5,7-11,13-15H2,1-4H3,(H2,22,23,24). The zero-order chi connectivity index (χ0) is 19.9. The topological polar surface area (TPSA) is 52.1 Å². The minimum Gasteiger partial charge on any atom is -0.379 e. The fraction of sp³-hybridized carbons (Fsp3) is 0.762. The Morgan fingerprint density at radius 3 is 2.61 bits per heavy atom. The maximum absolute atomic E-state index is 5.51. The third kappa shape index (κ3) is 5.69. The highest BCUT2D eigenvalue weighted by molar-refractivity contribution is 7.10. The van der Waals surface area contributed by atoms with Crippen molar-refractivity contribution in [2.24, 2.45) is 10.9 Å². The van der Waals surface area contributed by atoms with Crippen molar-refractivity contribution in [3.05, 3.63) is 21.9 Å². The minimum atomic E-state index is 0.478. The Morgan fingerprint density at radius 1 is 1.14 bits per heavy atom. The number of nitrogens with zero attached hydrogens (tertiary/aromatic N) is 3. The second-order valence-electron chi connectivity index (χ2n) is 8.23. The van der Waals surface area contributed by atoms with Crippen LogP contribution in [0.15, 0.2) is 16.4 Å². The first-order valence-corrected chi connectivity index (χ1v) is 11.5. The number of rotatable bonds is 7. The maximum atomic E-state index is 5.51. The van der Waals surface area contributed by atoms with E-state index in [2.05, 4.69) is 57.6 Å². The normalized spacial score (nSPS) is 21.4. The summed E-state index contributed by atoms with van der Waals surface area (Å²) in [5.74, 6) is 1.50. The van der Waals surface area contributed by atoms with Gasteiger partial charge in [0.1, 0.15) is 0 Å². The molecule has 0 amide bonds. The van der Waals surface area contributed by atoms with E-state index < -0.39 is 0 Å². The molecule has 0 radical (unpaired) electrons. The van der Waals surface area contributed by atoms with Gasteiger partial charge in [0.15, 0.2) is 5.96 Å². The van der Waals surface area contributed by atoms with Crippen LogP contribution in [0.3, 0.4) is 0 Å². The van der Waals surface area contributed by atoms with Gasteiger partial charge in [-0.3, -0.25) is 14.8 Å². The summed E-state index contributed by atoms with van der Waals surface area (Å²) < 4.78 is 5.51. The summed E-state index contributed by atoms with van der Waals surface area (Å²) in [6.45, 7) is 14.7. The highest BCUT2D eigenvalue weighted by atomic mass is 32.1. The van der Waals surface area contributed by atoms with Crippen molar-refractivity contribution in [2.45, 2.75) is 45.8 Å². The van der Waals surface area contributed by atoms with Crippen LogP contribution in [0.25, 0.3) is 0 Å². The zero-order valence-corrected chi connectivity index (χ0v) is 18.7. The van der Waals surface area contributed by atoms with Crippen molar-refractivity contribution in [3.63, 3.8) is 0 Å². The zero-order valence-electron chi connectivity index (χ0n) is 17.9. The second-order valence-corrected chi connectivity index (χ2v) is 9.23. The van der Waals surface area contributed by atoms with Gasteiger partial charge in [-0.1, -0.05) is 13.8 Å². The van der Waals surface area contributed by atoms with Crippen LogP contribution in [0.1, 0.15) is 31.2 Å². The predicted octanol–water partition coefficient (Wildman–Crippen LogP) is 2.02. The Bertz CT molecular complexity index is 626. The number of guanidine groups is 1. The highest BCUT2D eigenvalue weighted by Crippen LogP contribution is 2.24. The van der Waals surface area contributed by atoms with Gasteiger partial charge in [0.25, 0.3) is 0 Å². The summed E-state index contributed by atoms with van der Waals surface area (Å²) in [5.41, 5.74) is 1.51. The molecule has 2 unspecified atom stereocenters. The molecule has 7 heteroatoms. The number of thiophene rings is 1. The lowest BCUT2D eigenvalue weighted by Crippen LogP contribution is -2.53. The lowest BCUT2D eigenvalue weighted by molar-refractivity contribution is 0.00751. The van der Waals surface area contributed by atoms with E-state index in [9.17, 15) is 0 Å². The first-order valence-electron chi connectivity index (χ1n) is 10.6. The van der Waals surface area contributed by atoms with Crippen LogP contribution in [0.5, 0.6) is 0 Å². The van der Waals surface area contributed by atoms with Gasteiger partial charge < -0.3 is 15.4 Å². The van der Waals surface area contributed by atoms with Crippen molar-refractivity contribution < 1.29 is 4.74 Å². The fourth-order valence-electron chi connectivity index (χ4n) is 4.14. The van der Waals surface area contributed by atoms with E-state index >= 15 is 0 Å². The largest absolute Gasteiger partial charge is 0.379 e. The van der Waals surface area contributed by atoms with Gasteiger partial charge in [0.2, 0.25) is 0 Å². The van der Waals surface area contributed by atoms with Gasteiger partial charge in [-0.15, -0.1) is 11.3 Å². The lowest BCUT2D eigenvalue weighted by atomic mass is 10.0. The number of aliphatic imine (C=N–C) groups is 1. The molecule has 3 heterocycles. The van der Waals surface area contributed by atoms with E-state index in [1.54, 1.807) is 4.88 Å². The van der Waals surface area contributed by atoms with Gasteiger partial charge in [-0.05, 0) is 36.3 Å². The molecule has 28 heavy (non-hydrogen) atoms. The monoisotopic (exact) mass is 407 g/mol. The molecule has 6 nitrogen and oxygen atoms in total. The SMILES string of the molecule is CN=C(NCC(C)N1CCc2sccc2C1)NCC(C(C)C)N1CCOCC1. The molecule has 0 spiro atoms. The van der Waals surface area contributed by atoms with Crippen molar-refractivity contribution >= 4 is 17.3 Å². The molecule has 1 fully saturated rings. The first kappa shape index (κ1) is 21.6. The summed E-state index contributed by atoms with van der Waals surface area (Å²) in [6.07, 6.45) is 1.18. The van der Waals surface area contributed by atoms with Gasteiger partial charge in [-0.25, -0.2) is 0 Å². The van der Waals surface area contributed by atoms with E-state index in [4.69, 9.17) is 4.74 Å². The van der Waals surface area contributed by atoms with E-state index in [-0.39, 0.29) is 0 Å². The summed E-state index contributed by atoms with van der Waals surface area (Å²) in [4.78, 5) is 11.1. The number of fused-ring (bicyclic) bond motifs is 1. The summed E-state index contributed by atoms with van der Waals surface area (Å²) >= 11 is 1.90. The van der Waals surface area contributed by atoms with Crippen LogP contribution < -0.4 is 10.6 Å². The van der Waals surface area contributed by atoms with Gasteiger partial charge in [0.05, 0.1) is 13.2 Å². The number of nitrogens with one attached hydrogen (secondary N) is 2. The Morgan fingerprint density at radius 2 is 1.89 bits per heavy atom. The molecule has 0 aliphatic carbocycles. The molecule has 158 valence electrons. The Labute approximate surface area is 174 Å². The molecule has 2 atom stereocenters. The van der Waals surface area contributed by atoms with Crippen LogP contribution in [-0.4, -0.2) is 80.8 Å². The molecule has 2 aliphatic heterocycles. The average molecular weight is 408 g/mol. The molecule has 1 saturated heterocycles. The quantitative estimate of drug-likeness (QED) is 0.535. The Hall–Kier alpha value is -1.15. The number of hydrogen-bond donors (Lipinski definition) is 2. The molecule has 1 aromatic heterocycles. The van der Waals surface area contributed by atoms with E-state index in [0.29, 0.717) is 18.0 Å². The molecular formula is C21H37N5OS. The van der Waals surface area contributed by atoms with Crippen LogP contribution in [0, 0.1) is 5.92 Å². The molecule has 1 aromatic rings. The van der Waals surface area contributed by atoms with Crippen molar-refractivity contribution in [3.8, 4) is 0 Å². The van der Waals surface area contributed by atoms with E-state index in [1.807, 2.05) is 18.4 Å². The third-order valence-electron chi connectivity index (χ3n) is 6.01. The van der Waals surface area contributed by atoms with E-state index in [1.165, 1.54) is 12.0 Å². The molecule has 0 aromatic carbocycles. The molecule has 0 saturated carbocycles. The van der Waals surface area contributed by atoms with Gasteiger partial charge >= 0.3 is 0 Å².